The Morgan fingerprint density at radius 1 is 0.340 bits per heavy atom. The van der Waals surface area contributed by atoms with Crippen molar-refractivity contribution in [2.45, 2.75) is 0 Å². The molecule has 11 aromatic rings. The van der Waals surface area contributed by atoms with Crippen LogP contribution in [0.15, 0.2) is 170 Å². The lowest BCUT2D eigenvalue weighted by Gasteiger charge is -2.13. The zero-order valence-electron chi connectivity index (χ0n) is 27.0. The third-order valence-corrected chi connectivity index (χ3v) is 10.3. The van der Waals surface area contributed by atoms with Crippen LogP contribution in [-0.4, -0.2) is 19.1 Å². The number of rotatable bonds is 4. The van der Waals surface area contributed by atoms with Crippen molar-refractivity contribution < 1.29 is 0 Å². The number of fused-ring (bicyclic) bond motifs is 7. The Bertz CT molecular complexity index is 3010. The van der Waals surface area contributed by atoms with Crippen molar-refractivity contribution in [1.82, 2.24) is 19.1 Å². The molecular formula is C46H28N4. The zero-order valence-corrected chi connectivity index (χ0v) is 27.0. The predicted octanol–water partition coefficient (Wildman–Crippen LogP) is 11.7. The van der Waals surface area contributed by atoms with Gasteiger partial charge in [0.25, 0.3) is 0 Å². The van der Waals surface area contributed by atoms with E-state index in [-0.39, 0.29) is 0 Å². The van der Waals surface area contributed by atoms with Crippen LogP contribution in [0.1, 0.15) is 0 Å². The molecule has 50 heavy (non-hydrogen) atoms. The molecule has 0 unspecified atom stereocenters. The summed E-state index contributed by atoms with van der Waals surface area (Å²) in [4.78, 5) is 10.5. The summed E-state index contributed by atoms with van der Waals surface area (Å²) in [6.07, 6.45) is 0. The number of aromatic nitrogens is 4. The van der Waals surface area contributed by atoms with Crippen molar-refractivity contribution in [3.8, 4) is 34.2 Å². The minimum atomic E-state index is 0.698. The molecule has 0 aliphatic heterocycles. The molecular weight excluding hydrogens is 609 g/mol. The summed E-state index contributed by atoms with van der Waals surface area (Å²) in [5.74, 6) is 1.53. The van der Waals surface area contributed by atoms with Gasteiger partial charge in [-0.2, -0.15) is 0 Å². The van der Waals surface area contributed by atoms with E-state index in [0.717, 1.165) is 39.4 Å². The predicted molar refractivity (Wildman–Crippen MR) is 208 cm³/mol. The largest absolute Gasteiger partial charge is 0.309 e. The second kappa shape index (κ2) is 10.4. The van der Waals surface area contributed by atoms with E-state index in [1.54, 1.807) is 0 Å². The Labute approximate surface area is 287 Å². The van der Waals surface area contributed by atoms with Crippen LogP contribution in [0.4, 0.5) is 0 Å². The highest BCUT2D eigenvalue weighted by Gasteiger charge is 2.25. The second-order valence-corrected chi connectivity index (χ2v) is 13.0. The minimum absolute atomic E-state index is 0.698. The monoisotopic (exact) mass is 636 g/mol. The summed E-state index contributed by atoms with van der Waals surface area (Å²) in [6, 6.07) is 60.4. The van der Waals surface area contributed by atoms with E-state index in [1.165, 1.54) is 54.1 Å². The summed E-state index contributed by atoms with van der Waals surface area (Å²) in [5, 5.41) is 10.1. The Morgan fingerprint density at radius 2 is 0.900 bits per heavy atom. The molecule has 232 valence electrons. The smallest absolute Gasteiger partial charge is 0.162 e. The Balaban J connectivity index is 1.37. The van der Waals surface area contributed by atoms with E-state index in [2.05, 4.69) is 155 Å². The highest BCUT2D eigenvalue weighted by molar-refractivity contribution is 6.41. The minimum Gasteiger partial charge on any atom is -0.309 e. The van der Waals surface area contributed by atoms with Gasteiger partial charge in [0.05, 0.1) is 27.8 Å². The van der Waals surface area contributed by atoms with Crippen LogP contribution >= 0.6 is 0 Å². The normalized spacial score (nSPS) is 12.0. The van der Waals surface area contributed by atoms with Crippen molar-refractivity contribution in [3.05, 3.63) is 170 Å². The number of hydrogen-bond acceptors (Lipinski definition) is 2. The fraction of sp³-hybridized carbons (Fsp3) is 0. The molecule has 0 spiro atoms. The van der Waals surface area contributed by atoms with Crippen molar-refractivity contribution in [1.29, 1.82) is 0 Å². The molecule has 0 saturated heterocycles. The molecule has 0 atom stereocenters. The average molecular weight is 637 g/mol. The molecule has 4 nitrogen and oxygen atoms in total. The van der Waals surface area contributed by atoms with Crippen molar-refractivity contribution in [2.75, 3.05) is 0 Å². The Hall–Kier alpha value is -6.78. The first-order valence-corrected chi connectivity index (χ1v) is 17.0. The molecule has 4 heteroatoms. The summed E-state index contributed by atoms with van der Waals surface area (Å²) in [6.45, 7) is 0. The molecule has 0 amide bonds. The quantitative estimate of drug-likeness (QED) is 0.180. The van der Waals surface area contributed by atoms with Crippen LogP contribution in [0.25, 0.3) is 99.3 Å². The average Bonchev–Trinajstić information content (AvgIpc) is 3.71. The number of nitrogens with zero attached hydrogens (tertiary/aromatic N) is 4. The van der Waals surface area contributed by atoms with Gasteiger partial charge < -0.3 is 4.57 Å². The molecule has 0 N–H and O–H groups in total. The Kier molecular flexibility index (Phi) is 5.63. The van der Waals surface area contributed by atoms with E-state index in [0.29, 0.717) is 5.82 Å². The molecule has 0 radical (unpaired) electrons. The maximum atomic E-state index is 5.33. The van der Waals surface area contributed by atoms with Crippen LogP contribution in [-0.2, 0) is 0 Å². The second-order valence-electron chi connectivity index (χ2n) is 13.0. The number of hydrogen-bond donors (Lipinski definition) is 0. The van der Waals surface area contributed by atoms with Gasteiger partial charge in [0.2, 0.25) is 0 Å². The summed E-state index contributed by atoms with van der Waals surface area (Å²) >= 11 is 0. The highest BCUT2D eigenvalue weighted by Crippen LogP contribution is 2.49. The van der Waals surface area contributed by atoms with Crippen molar-refractivity contribution >= 4 is 65.2 Å². The van der Waals surface area contributed by atoms with Crippen LogP contribution in [0, 0.1) is 0 Å². The van der Waals surface area contributed by atoms with Gasteiger partial charge in [-0.25, -0.2) is 9.97 Å². The standard InChI is InChI=1S/C46H28N4/c1-4-15-29(16-5-1)36-27-41(48-46(47-36)30-17-6-2-7-18-30)50-37-25-13-12-23-35(37)43-39(50)28-40-45-42-33(32-21-10-11-22-34(32)44(43)45)24-14-26-38(42)49(40)31-19-8-3-9-20-31/h1-28H. The van der Waals surface area contributed by atoms with Crippen molar-refractivity contribution in [2.24, 2.45) is 0 Å². The molecule has 0 aliphatic rings. The van der Waals surface area contributed by atoms with Crippen LogP contribution in [0.3, 0.4) is 0 Å². The summed E-state index contributed by atoms with van der Waals surface area (Å²) in [5.41, 5.74) is 8.68. The van der Waals surface area contributed by atoms with Gasteiger partial charge >= 0.3 is 0 Å². The van der Waals surface area contributed by atoms with E-state index in [9.17, 15) is 0 Å². The van der Waals surface area contributed by atoms with E-state index < -0.39 is 0 Å². The SMILES string of the molecule is c1ccc(-c2cc(-n3c4ccccc4c4c5c6ccccc6c6cccc7c6c5c(cc43)n7-c3ccccc3)nc(-c3ccccc3)n2)cc1. The van der Waals surface area contributed by atoms with E-state index in [4.69, 9.17) is 9.97 Å². The molecule has 3 aromatic heterocycles. The van der Waals surface area contributed by atoms with Crippen LogP contribution < -0.4 is 0 Å². The van der Waals surface area contributed by atoms with E-state index >= 15 is 0 Å². The molecule has 0 saturated carbocycles. The van der Waals surface area contributed by atoms with Gasteiger partial charge in [0.15, 0.2) is 5.82 Å². The lowest BCUT2D eigenvalue weighted by Crippen LogP contribution is -2.02. The van der Waals surface area contributed by atoms with Gasteiger partial charge in [-0.3, -0.25) is 4.57 Å². The third-order valence-electron chi connectivity index (χ3n) is 10.3. The highest BCUT2D eigenvalue weighted by atomic mass is 15.1. The van der Waals surface area contributed by atoms with Crippen LogP contribution in [0.5, 0.6) is 0 Å². The molecule has 11 rings (SSSR count). The molecule has 3 heterocycles. The lowest BCUT2D eigenvalue weighted by atomic mass is 9.92. The lowest BCUT2D eigenvalue weighted by molar-refractivity contribution is 1.05. The van der Waals surface area contributed by atoms with Gasteiger partial charge in [-0.1, -0.05) is 133 Å². The maximum Gasteiger partial charge on any atom is 0.162 e. The fourth-order valence-electron chi connectivity index (χ4n) is 8.22. The molecule has 0 bridgehead atoms. The van der Waals surface area contributed by atoms with E-state index in [1.807, 2.05) is 24.3 Å². The third kappa shape index (κ3) is 3.76. The summed E-state index contributed by atoms with van der Waals surface area (Å²) < 4.78 is 4.79. The first-order valence-electron chi connectivity index (χ1n) is 17.0. The van der Waals surface area contributed by atoms with Gasteiger partial charge in [-0.15, -0.1) is 0 Å². The first kappa shape index (κ1) is 27.2. The fourth-order valence-corrected chi connectivity index (χ4v) is 8.22. The molecule has 0 fully saturated rings. The van der Waals surface area contributed by atoms with Crippen molar-refractivity contribution in [3.63, 3.8) is 0 Å². The number of para-hydroxylation sites is 2. The molecule has 0 aliphatic carbocycles. The Morgan fingerprint density at radius 3 is 1.68 bits per heavy atom. The van der Waals surface area contributed by atoms with Crippen LogP contribution in [0.2, 0.25) is 0 Å². The number of benzene rings is 8. The topological polar surface area (TPSA) is 35.6 Å². The van der Waals surface area contributed by atoms with Gasteiger partial charge in [0.1, 0.15) is 5.82 Å². The van der Waals surface area contributed by atoms with Gasteiger partial charge in [-0.05, 0) is 46.5 Å². The zero-order chi connectivity index (χ0) is 32.8. The maximum absolute atomic E-state index is 5.33. The molecule has 8 aromatic carbocycles. The first-order chi connectivity index (χ1) is 24.8. The van der Waals surface area contributed by atoms with Gasteiger partial charge in [0, 0.05) is 49.8 Å². The summed E-state index contributed by atoms with van der Waals surface area (Å²) in [7, 11) is 0.